The van der Waals surface area contributed by atoms with Crippen LogP contribution >= 0.6 is 0 Å². The van der Waals surface area contributed by atoms with Gasteiger partial charge >= 0.3 is 6.09 Å². The zero-order chi connectivity index (χ0) is 11.2. The molecule has 1 unspecified atom stereocenters. The second-order valence-electron chi connectivity index (χ2n) is 4.19. The predicted molar refractivity (Wildman–Crippen MR) is 53.3 cm³/mol. The Morgan fingerprint density at radius 2 is 2.07 bits per heavy atom. The molecule has 0 aromatic carbocycles. The lowest BCUT2D eigenvalue weighted by Crippen LogP contribution is -2.37. The van der Waals surface area contributed by atoms with Crippen molar-refractivity contribution < 1.29 is 14.6 Å². The highest BCUT2D eigenvalue weighted by molar-refractivity contribution is 5.68. The van der Waals surface area contributed by atoms with Gasteiger partial charge in [-0.3, -0.25) is 0 Å². The van der Waals surface area contributed by atoms with Crippen molar-refractivity contribution in [1.82, 2.24) is 5.32 Å². The van der Waals surface area contributed by atoms with E-state index in [1.807, 2.05) is 0 Å². The first kappa shape index (κ1) is 13.2. The van der Waals surface area contributed by atoms with Gasteiger partial charge in [0, 0.05) is 6.04 Å². The van der Waals surface area contributed by atoms with Crippen molar-refractivity contribution in [3.05, 3.63) is 6.92 Å². The van der Waals surface area contributed by atoms with Crippen LogP contribution in [0, 0.1) is 6.92 Å². The molecule has 0 spiro atoms. The van der Waals surface area contributed by atoms with Crippen LogP contribution in [0.15, 0.2) is 0 Å². The van der Waals surface area contributed by atoms with Crippen molar-refractivity contribution in [2.75, 3.05) is 6.61 Å². The fraction of sp³-hybridized carbons (Fsp3) is 0.800. The van der Waals surface area contributed by atoms with E-state index in [1.165, 1.54) is 0 Å². The molecule has 0 heterocycles. The van der Waals surface area contributed by atoms with Crippen molar-refractivity contribution in [1.29, 1.82) is 0 Å². The molecule has 0 saturated carbocycles. The molecule has 0 aliphatic rings. The summed E-state index contributed by atoms with van der Waals surface area (Å²) in [6.07, 6.45) is 0.621. The minimum absolute atomic E-state index is 0.137. The highest BCUT2D eigenvalue weighted by atomic mass is 16.6. The SMILES string of the molecule is [CH2]C(CCC[O])NC(=O)OC(C)(C)C. The number of alkyl carbamates (subject to hydrolysis) is 1. The average Bonchev–Trinajstić information content (AvgIpc) is 1.96. The Bertz CT molecular complexity index is 175. The third-order valence-corrected chi connectivity index (χ3v) is 1.42. The molecule has 4 nitrogen and oxygen atoms in total. The molecular formula is C10H19NO3. The number of amides is 1. The Morgan fingerprint density at radius 3 is 2.50 bits per heavy atom. The van der Waals surface area contributed by atoms with E-state index < -0.39 is 11.7 Å². The molecule has 0 aromatic heterocycles. The summed E-state index contributed by atoms with van der Waals surface area (Å²) in [6, 6.07) is -0.251. The standard InChI is InChI=1S/C10H19NO3/c1-8(6-5-7-12)11-9(13)14-10(2,3)4/h8H,1,5-7H2,2-4H3,(H,11,13). The lowest BCUT2D eigenvalue weighted by Gasteiger charge is -2.21. The van der Waals surface area contributed by atoms with Crippen molar-refractivity contribution in [2.45, 2.75) is 45.3 Å². The number of nitrogens with one attached hydrogen (secondary N) is 1. The van der Waals surface area contributed by atoms with Gasteiger partial charge in [0.15, 0.2) is 0 Å². The van der Waals surface area contributed by atoms with Crippen LogP contribution in [0.4, 0.5) is 4.79 Å². The van der Waals surface area contributed by atoms with Gasteiger partial charge in [-0.25, -0.2) is 9.90 Å². The van der Waals surface area contributed by atoms with Crippen LogP contribution in [0.25, 0.3) is 0 Å². The Morgan fingerprint density at radius 1 is 1.50 bits per heavy atom. The minimum atomic E-state index is -0.498. The molecule has 1 atom stereocenters. The number of carbonyl (C=O) groups is 1. The van der Waals surface area contributed by atoms with Crippen LogP contribution in [-0.2, 0) is 9.84 Å². The molecule has 14 heavy (non-hydrogen) atoms. The molecular weight excluding hydrogens is 182 g/mol. The molecule has 2 radical (unpaired) electrons. The molecule has 0 aliphatic heterocycles. The summed E-state index contributed by atoms with van der Waals surface area (Å²) < 4.78 is 5.02. The number of rotatable bonds is 4. The fourth-order valence-electron chi connectivity index (χ4n) is 0.876. The zero-order valence-electron chi connectivity index (χ0n) is 9.13. The van der Waals surface area contributed by atoms with Crippen molar-refractivity contribution in [2.24, 2.45) is 0 Å². The molecule has 0 fully saturated rings. The Kier molecular flexibility index (Phi) is 5.53. The molecule has 0 rings (SSSR count). The first-order valence-corrected chi connectivity index (χ1v) is 4.76. The maximum atomic E-state index is 11.2. The summed E-state index contributed by atoms with van der Waals surface area (Å²) in [4.78, 5) is 11.2. The summed E-state index contributed by atoms with van der Waals surface area (Å²) in [7, 11) is 0. The van der Waals surface area contributed by atoms with Crippen LogP contribution in [0.1, 0.15) is 33.6 Å². The second kappa shape index (κ2) is 5.86. The lowest BCUT2D eigenvalue weighted by atomic mass is 10.2. The highest BCUT2D eigenvalue weighted by Gasteiger charge is 2.17. The molecule has 82 valence electrons. The lowest BCUT2D eigenvalue weighted by molar-refractivity contribution is 0.0509. The summed E-state index contributed by atoms with van der Waals surface area (Å²) in [5.74, 6) is 0. The molecule has 0 aliphatic carbocycles. The minimum Gasteiger partial charge on any atom is -0.444 e. The van der Waals surface area contributed by atoms with Crippen molar-refractivity contribution in [3.8, 4) is 0 Å². The first-order valence-electron chi connectivity index (χ1n) is 4.76. The smallest absolute Gasteiger partial charge is 0.407 e. The van der Waals surface area contributed by atoms with E-state index in [9.17, 15) is 9.90 Å². The summed E-state index contributed by atoms with van der Waals surface area (Å²) in [5, 5.41) is 12.7. The van der Waals surface area contributed by atoms with Crippen molar-refractivity contribution >= 4 is 6.09 Å². The normalized spacial score (nSPS) is 13.5. The highest BCUT2D eigenvalue weighted by Crippen LogP contribution is 2.07. The van der Waals surface area contributed by atoms with Gasteiger partial charge in [-0.1, -0.05) is 0 Å². The largest absolute Gasteiger partial charge is 0.444 e. The Labute approximate surface area is 85.6 Å². The van der Waals surface area contributed by atoms with E-state index in [1.54, 1.807) is 20.8 Å². The van der Waals surface area contributed by atoms with Gasteiger partial charge < -0.3 is 10.1 Å². The maximum Gasteiger partial charge on any atom is 0.407 e. The fourth-order valence-corrected chi connectivity index (χ4v) is 0.876. The third-order valence-electron chi connectivity index (χ3n) is 1.42. The Hall–Kier alpha value is -0.770. The van der Waals surface area contributed by atoms with Gasteiger partial charge in [-0.05, 0) is 40.5 Å². The monoisotopic (exact) mass is 201 g/mol. The number of hydrogen-bond donors (Lipinski definition) is 1. The molecule has 1 amide bonds. The van der Waals surface area contributed by atoms with Crippen LogP contribution in [0.2, 0.25) is 0 Å². The quantitative estimate of drug-likeness (QED) is 0.755. The van der Waals surface area contributed by atoms with E-state index in [-0.39, 0.29) is 12.6 Å². The van der Waals surface area contributed by atoms with E-state index in [2.05, 4.69) is 12.2 Å². The Balaban J connectivity index is 3.71. The van der Waals surface area contributed by atoms with Gasteiger partial charge in [0.25, 0.3) is 0 Å². The zero-order valence-corrected chi connectivity index (χ0v) is 9.13. The van der Waals surface area contributed by atoms with Crippen LogP contribution in [-0.4, -0.2) is 24.3 Å². The van der Waals surface area contributed by atoms with Gasteiger partial charge in [-0.2, -0.15) is 0 Å². The molecule has 4 heteroatoms. The molecule has 0 bridgehead atoms. The summed E-state index contributed by atoms with van der Waals surface area (Å²) >= 11 is 0. The van der Waals surface area contributed by atoms with Crippen LogP contribution in [0.3, 0.4) is 0 Å². The maximum absolute atomic E-state index is 11.2. The number of hydrogen-bond acceptors (Lipinski definition) is 2. The number of ether oxygens (including phenoxy) is 1. The topological polar surface area (TPSA) is 58.2 Å². The van der Waals surface area contributed by atoms with E-state index in [0.717, 1.165) is 0 Å². The van der Waals surface area contributed by atoms with Crippen LogP contribution in [0.5, 0.6) is 0 Å². The second-order valence-corrected chi connectivity index (χ2v) is 4.19. The predicted octanol–water partition coefficient (Wildman–Crippen LogP) is 1.92. The first-order chi connectivity index (χ1) is 6.35. The van der Waals surface area contributed by atoms with Gasteiger partial charge in [0.2, 0.25) is 0 Å². The average molecular weight is 201 g/mol. The van der Waals surface area contributed by atoms with Gasteiger partial charge in [-0.15, -0.1) is 0 Å². The van der Waals surface area contributed by atoms with E-state index >= 15 is 0 Å². The van der Waals surface area contributed by atoms with Crippen molar-refractivity contribution in [3.63, 3.8) is 0 Å². The van der Waals surface area contributed by atoms with E-state index in [0.29, 0.717) is 12.8 Å². The molecule has 0 aromatic rings. The summed E-state index contributed by atoms with van der Waals surface area (Å²) in [6.45, 7) is 8.94. The summed E-state index contributed by atoms with van der Waals surface area (Å²) in [5.41, 5.74) is -0.498. The van der Waals surface area contributed by atoms with Gasteiger partial charge in [0.1, 0.15) is 5.60 Å². The third kappa shape index (κ3) is 7.86. The molecule has 1 N–H and O–H groups in total. The van der Waals surface area contributed by atoms with E-state index in [4.69, 9.17) is 4.74 Å². The number of carbonyl (C=O) groups excluding carboxylic acids is 1. The molecule has 0 saturated heterocycles. The van der Waals surface area contributed by atoms with Crippen LogP contribution < -0.4 is 5.32 Å². The van der Waals surface area contributed by atoms with Gasteiger partial charge in [0.05, 0.1) is 6.61 Å².